The van der Waals surface area contributed by atoms with Crippen molar-refractivity contribution in [3.05, 3.63) is 4.91 Å². The molecule has 0 bridgehead atoms. The van der Waals surface area contributed by atoms with E-state index in [1.165, 1.54) is 0 Å². The van der Waals surface area contributed by atoms with Crippen LogP contribution in [0.4, 0.5) is 4.79 Å². The summed E-state index contributed by atoms with van der Waals surface area (Å²) in [6.45, 7) is -0.811. The fraction of sp³-hybridized carbons (Fsp3) is 0.889. The zero-order chi connectivity index (χ0) is 16.0. The number of alkyl halides is 1. The minimum Gasteiger partial charge on any atom is -0.394 e. The van der Waals surface area contributed by atoms with Gasteiger partial charge in [-0.2, -0.15) is 5.01 Å². The lowest BCUT2D eigenvalue weighted by Gasteiger charge is -2.39. The van der Waals surface area contributed by atoms with E-state index in [0.717, 1.165) is 0 Å². The molecule has 1 saturated heterocycles. The van der Waals surface area contributed by atoms with Crippen molar-refractivity contribution in [2.45, 2.75) is 30.7 Å². The summed E-state index contributed by atoms with van der Waals surface area (Å²) >= 11 is 5.35. The normalized spacial score (nSPS) is 32.5. The number of ether oxygens (including phenoxy) is 1. The highest BCUT2D eigenvalue weighted by Gasteiger charge is 2.45. The standard InChI is InChI=1S/C9H16ClN3O8/c10-1-2-13(12-19)9(18)11-21-7-6(16)5(15)4(3-14)20-8(7)17/h4-8,14-17H,1-3H2,(H,11,18)/t4-,5-,6+,7-,8?/m1/s1. The molecule has 5 atom stereocenters. The van der Waals surface area contributed by atoms with Gasteiger partial charge in [-0.3, -0.25) is 4.84 Å². The number of nitroso groups, excluding NO2 is 1. The van der Waals surface area contributed by atoms with Crippen LogP contribution >= 0.6 is 11.6 Å². The first-order valence-electron chi connectivity index (χ1n) is 5.89. The zero-order valence-corrected chi connectivity index (χ0v) is 11.5. The Balaban J connectivity index is 2.57. The van der Waals surface area contributed by atoms with Gasteiger partial charge in [0.25, 0.3) is 0 Å². The second kappa shape index (κ2) is 8.38. The molecule has 1 heterocycles. The Morgan fingerprint density at radius 3 is 2.57 bits per heavy atom. The highest BCUT2D eigenvalue weighted by atomic mass is 35.5. The van der Waals surface area contributed by atoms with E-state index in [2.05, 4.69) is 5.29 Å². The van der Waals surface area contributed by atoms with Gasteiger partial charge in [-0.15, -0.1) is 16.5 Å². The molecule has 0 saturated carbocycles. The van der Waals surface area contributed by atoms with Crippen molar-refractivity contribution in [3.8, 4) is 0 Å². The number of nitrogens with zero attached hydrogens (tertiary/aromatic N) is 2. The molecule has 1 unspecified atom stereocenters. The van der Waals surface area contributed by atoms with E-state index >= 15 is 0 Å². The lowest BCUT2D eigenvalue weighted by Crippen LogP contribution is -2.61. The molecular formula is C9H16ClN3O8. The fourth-order valence-electron chi connectivity index (χ4n) is 1.63. The Hall–Kier alpha value is -1.08. The van der Waals surface area contributed by atoms with E-state index in [0.29, 0.717) is 5.01 Å². The van der Waals surface area contributed by atoms with Gasteiger partial charge in [0.2, 0.25) is 0 Å². The van der Waals surface area contributed by atoms with Crippen molar-refractivity contribution in [3.63, 3.8) is 0 Å². The van der Waals surface area contributed by atoms with E-state index < -0.39 is 43.3 Å². The van der Waals surface area contributed by atoms with Gasteiger partial charge < -0.3 is 25.2 Å². The van der Waals surface area contributed by atoms with Crippen LogP contribution < -0.4 is 5.48 Å². The van der Waals surface area contributed by atoms with Gasteiger partial charge in [0.15, 0.2) is 12.4 Å². The number of hydroxylamine groups is 1. The van der Waals surface area contributed by atoms with E-state index in [1.807, 2.05) is 0 Å². The van der Waals surface area contributed by atoms with Crippen LogP contribution in [0.3, 0.4) is 0 Å². The Kier molecular flexibility index (Phi) is 7.17. The van der Waals surface area contributed by atoms with Gasteiger partial charge >= 0.3 is 6.03 Å². The van der Waals surface area contributed by atoms with E-state index in [9.17, 15) is 25.0 Å². The zero-order valence-electron chi connectivity index (χ0n) is 10.7. The summed E-state index contributed by atoms with van der Waals surface area (Å²) in [5.74, 6) is -0.0478. The van der Waals surface area contributed by atoms with Crippen molar-refractivity contribution in [1.82, 2.24) is 10.5 Å². The average molecular weight is 330 g/mol. The number of rotatable bonds is 6. The molecule has 1 fully saturated rings. The molecule has 0 aromatic heterocycles. The van der Waals surface area contributed by atoms with Crippen LogP contribution in [-0.4, -0.2) is 81.2 Å². The summed E-state index contributed by atoms with van der Waals surface area (Å²) < 4.78 is 4.80. The minimum absolute atomic E-state index is 0.0478. The van der Waals surface area contributed by atoms with Gasteiger partial charge in [-0.25, -0.2) is 10.3 Å². The first-order chi connectivity index (χ1) is 9.96. The number of aliphatic hydroxyl groups is 4. The number of carbonyl (C=O) groups excluding carboxylic acids is 1. The number of hydrogen-bond donors (Lipinski definition) is 5. The van der Waals surface area contributed by atoms with Gasteiger partial charge in [-0.1, -0.05) is 0 Å². The van der Waals surface area contributed by atoms with Crippen molar-refractivity contribution in [1.29, 1.82) is 0 Å². The maximum absolute atomic E-state index is 11.5. The summed E-state index contributed by atoms with van der Waals surface area (Å²) in [6.07, 6.45) is -7.63. The molecule has 0 aliphatic carbocycles. The smallest absolute Gasteiger partial charge is 0.364 e. The summed E-state index contributed by atoms with van der Waals surface area (Å²) in [5.41, 5.74) is 1.76. The van der Waals surface area contributed by atoms with Crippen LogP contribution in [0.15, 0.2) is 5.29 Å². The lowest BCUT2D eigenvalue weighted by molar-refractivity contribution is -0.303. The van der Waals surface area contributed by atoms with Gasteiger partial charge in [0, 0.05) is 5.88 Å². The third-order valence-corrected chi connectivity index (χ3v) is 2.92. The molecule has 1 rings (SSSR count). The molecule has 0 spiro atoms. The number of hydrogen-bond acceptors (Lipinski definition) is 9. The summed E-state index contributed by atoms with van der Waals surface area (Å²) in [5, 5.41) is 40.6. The topological polar surface area (TPSA) is 161 Å². The van der Waals surface area contributed by atoms with Gasteiger partial charge in [-0.05, 0) is 0 Å². The molecule has 12 heteroatoms. The highest BCUT2D eigenvalue weighted by Crippen LogP contribution is 2.21. The molecule has 1 aliphatic heterocycles. The second-order valence-corrected chi connectivity index (χ2v) is 4.49. The van der Waals surface area contributed by atoms with Crippen LogP contribution in [0.2, 0.25) is 0 Å². The van der Waals surface area contributed by atoms with Crippen molar-refractivity contribution in [2.24, 2.45) is 5.29 Å². The number of urea groups is 1. The van der Waals surface area contributed by atoms with E-state index in [4.69, 9.17) is 26.3 Å². The third-order valence-electron chi connectivity index (χ3n) is 2.75. The SMILES string of the molecule is O=NN(CCCl)C(=O)NO[C@H]1C(O)O[C@H](CO)[C@@H](O)[C@@H]1O. The fourth-order valence-corrected chi connectivity index (χ4v) is 1.79. The number of aliphatic hydroxyl groups excluding tert-OH is 4. The molecule has 5 N–H and O–H groups in total. The Morgan fingerprint density at radius 2 is 2.05 bits per heavy atom. The van der Waals surface area contributed by atoms with Crippen LogP contribution in [0, 0.1) is 4.91 Å². The molecule has 21 heavy (non-hydrogen) atoms. The minimum atomic E-state index is -1.72. The second-order valence-electron chi connectivity index (χ2n) is 4.11. The maximum atomic E-state index is 11.5. The van der Waals surface area contributed by atoms with Gasteiger partial charge in [0.1, 0.15) is 18.3 Å². The highest BCUT2D eigenvalue weighted by molar-refractivity contribution is 6.18. The monoisotopic (exact) mass is 329 g/mol. The molecule has 2 amide bonds. The largest absolute Gasteiger partial charge is 0.394 e. The maximum Gasteiger partial charge on any atom is 0.364 e. The van der Waals surface area contributed by atoms with Crippen LogP contribution in [0.1, 0.15) is 0 Å². The van der Waals surface area contributed by atoms with Gasteiger partial charge in [0.05, 0.1) is 18.4 Å². The summed E-state index contributed by atoms with van der Waals surface area (Å²) in [4.78, 5) is 26.5. The van der Waals surface area contributed by atoms with E-state index in [1.54, 1.807) is 5.48 Å². The van der Waals surface area contributed by atoms with Crippen molar-refractivity contribution in [2.75, 3.05) is 19.0 Å². The van der Waals surface area contributed by atoms with Crippen LogP contribution in [-0.2, 0) is 9.57 Å². The van der Waals surface area contributed by atoms with Crippen molar-refractivity contribution < 1.29 is 34.8 Å². The number of nitrogens with one attached hydrogen (secondary N) is 1. The number of halogens is 1. The molecular weight excluding hydrogens is 314 g/mol. The van der Waals surface area contributed by atoms with Crippen LogP contribution in [0.5, 0.6) is 0 Å². The molecule has 1 aliphatic rings. The molecule has 0 aromatic rings. The number of carbonyl (C=O) groups is 1. The Bertz CT molecular complexity index is 362. The first-order valence-corrected chi connectivity index (χ1v) is 6.42. The Morgan fingerprint density at radius 1 is 1.38 bits per heavy atom. The molecule has 0 radical (unpaired) electrons. The predicted octanol–water partition coefficient (Wildman–Crippen LogP) is -2.35. The third kappa shape index (κ3) is 4.44. The molecule has 122 valence electrons. The number of amides is 2. The van der Waals surface area contributed by atoms with Crippen molar-refractivity contribution >= 4 is 17.6 Å². The first kappa shape index (κ1) is 18.0. The molecule has 11 nitrogen and oxygen atoms in total. The lowest BCUT2D eigenvalue weighted by atomic mass is 9.99. The summed E-state index contributed by atoms with van der Waals surface area (Å²) in [6, 6.07) is -1.08. The van der Waals surface area contributed by atoms with Crippen LogP contribution in [0.25, 0.3) is 0 Å². The predicted molar refractivity (Wildman–Crippen MR) is 66.6 cm³/mol. The Labute approximate surface area is 123 Å². The average Bonchev–Trinajstić information content (AvgIpc) is 2.47. The quantitative estimate of drug-likeness (QED) is 0.205. The summed E-state index contributed by atoms with van der Waals surface area (Å²) in [7, 11) is 0. The van der Waals surface area contributed by atoms with E-state index in [-0.39, 0.29) is 12.4 Å². The molecule has 0 aromatic carbocycles.